The molecule has 2 atom stereocenters. The number of hydrogen-bond donors (Lipinski definition) is 2. The average molecular weight is 343 g/mol. The minimum atomic E-state index is -0.158. The summed E-state index contributed by atoms with van der Waals surface area (Å²) in [4.78, 5) is 14.7. The van der Waals surface area contributed by atoms with Gasteiger partial charge in [-0.3, -0.25) is 9.89 Å². The summed E-state index contributed by atoms with van der Waals surface area (Å²) in [6.45, 7) is 6.62. The van der Waals surface area contributed by atoms with E-state index in [4.69, 9.17) is 4.74 Å². The number of aromatic nitrogens is 2. The van der Waals surface area contributed by atoms with E-state index in [0.717, 1.165) is 22.4 Å². The molecule has 1 aromatic carbocycles. The van der Waals surface area contributed by atoms with Crippen molar-refractivity contribution >= 4 is 5.91 Å². The van der Waals surface area contributed by atoms with Crippen molar-refractivity contribution in [3.8, 4) is 0 Å². The van der Waals surface area contributed by atoms with Crippen LogP contribution in [0.4, 0.5) is 0 Å². The molecule has 1 aliphatic heterocycles. The molecule has 0 aliphatic carbocycles. The number of carbonyl (C=O) groups excluding carboxylic acids is 1. The second-order valence-corrected chi connectivity index (χ2v) is 6.70. The Kier molecular flexibility index (Phi) is 5.20. The van der Waals surface area contributed by atoms with Crippen molar-refractivity contribution in [1.29, 1.82) is 0 Å². The van der Waals surface area contributed by atoms with Crippen molar-refractivity contribution in [3.05, 3.63) is 52.3 Å². The van der Waals surface area contributed by atoms with Gasteiger partial charge in [0.05, 0.1) is 24.5 Å². The zero-order chi connectivity index (χ0) is 18.0. The third kappa shape index (κ3) is 3.75. The van der Waals surface area contributed by atoms with Crippen molar-refractivity contribution in [3.63, 3.8) is 0 Å². The molecule has 0 unspecified atom stereocenters. The molecule has 134 valence electrons. The van der Waals surface area contributed by atoms with Gasteiger partial charge in [0.2, 0.25) is 0 Å². The number of carbonyl (C=O) groups is 1. The fourth-order valence-corrected chi connectivity index (χ4v) is 3.40. The molecule has 1 aliphatic rings. The van der Waals surface area contributed by atoms with Gasteiger partial charge in [-0.15, -0.1) is 0 Å². The number of ether oxygens (including phenoxy) is 1. The zero-order valence-corrected chi connectivity index (χ0v) is 15.0. The van der Waals surface area contributed by atoms with E-state index in [1.807, 2.05) is 39.0 Å². The maximum Gasteiger partial charge on any atom is 0.275 e. The first-order valence-electron chi connectivity index (χ1n) is 8.68. The van der Waals surface area contributed by atoms with E-state index in [2.05, 4.69) is 16.3 Å². The summed E-state index contributed by atoms with van der Waals surface area (Å²) in [7, 11) is 0. The Morgan fingerprint density at radius 1 is 1.44 bits per heavy atom. The highest BCUT2D eigenvalue weighted by Crippen LogP contribution is 2.30. The van der Waals surface area contributed by atoms with Gasteiger partial charge < -0.3 is 14.7 Å². The largest absolute Gasteiger partial charge is 0.395 e. The lowest BCUT2D eigenvalue weighted by Gasteiger charge is -2.26. The summed E-state index contributed by atoms with van der Waals surface area (Å²) in [6, 6.07) is 8.04. The molecule has 3 rings (SSSR count). The molecule has 0 bridgehead atoms. The number of aromatic amines is 1. The topological polar surface area (TPSA) is 78.5 Å². The second-order valence-electron chi connectivity index (χ2n) is 6.70. The van der Waals surface area contributed by atoms with E-state index in [9.17, 15) is 9.90 Å². The van der Waals surface area contributed by atoms with E-state index in [-0.39, 0.29) is 31.3 Å². The molecule has 0 saturated carbocycles. The lowest BCUT2D eigenvalue weighted by Crippen LogP contribution is -2.34. The van der Waals surface area contributed by atoms with Gasteiger partial charge in [0, 0.05) is 25.1 Å². The van der Waals surface area contributed by atoms with E-state index in [0.29, 0.717) is 18.7 Å². The summed E-state index contributed by atoms with van der Waals surface area (Å²) >= 11 is 0. The van der Waals surface area contributed by atoms with Crippen LogP contribution in [0.25, 0.3) is 0 Å². The number of aryl methyl sites for hydroxylation is 1. The number of fused-ring (bicyclic) bond motifs is 1. The number of nitrogens with one attached hydrogen (secondary N) is 1. The first-order valence-corrected chi connectivity index (χ1v) is 8.68. The number of hydrogen-bond acceptors (Lipinski definition) is 4. The lowest BCUT2D eigenvalue weighted by molar-refractivity contribution is -0.00703. The van der Waals surface area contributed by atoms with Crippen LogP contribution in [0, 0.1) is 6.92 Å². The molecule has 2 N–H and O–H groups in total. The first-order chi connectivity index (χ1) is 12.0. The van der Waals surface area contributed by atoms with Crippen LogP contribution in [0.3, 0.4) is 0 Å². The van der Waals surface area contributed by atoms with Gasteiger partial charge in [-0.2, -0.15) is 5.10 Å². The molecule has 6 heteroatoms. The number of benzene rings is 1. The molecule has 0 fully saturated rings. The van der Waals surface area contributed by atoms with Crippen LogP contribution >= 0.6 is 0 Å². The minimum Gasteiger partial charge on any atom is -0.395 e. The Labute approximate surface area is 147 Å². The molecule has 1 amide bonds. The van der Waals surface area contributed by atoms with Gasteiger partial charge in [-0.25, -0.2) is 0 Å². The molecular weight excluding hydrogens is 318 g/mol. The van der Waals surface area contributed by atoms with Gasteiger partial charge >= 0.3 is 0 Å². The minimum absolute atomic E-state index is 0.0507. The number of nitrogens with zero attached hydrogens (tertiary/aromatic N) is 2. The summed E-state index contributed by atoms with van der Waals surface area (Å²) in [6.07, 6.45) is 0.611. The normalized spacial score (nSPS) is 19.5. The Balaban J connectivity index is 1.86. The third-order valence-corrected chi connectivity index (χ3v) is 4.55. The number of amides is 1. The molecule has 0 saturated heterocycles. The van der Waals surface area contributed by atoms with Gasteiger partial charge in [-0.1, -0.05) is 29.8 Å². The second kappa shape index (κ2) is 7.37. The van der Waals surface area contributed by atoms with E-state index in [1.165, 1.54) is 0 Å². The summed E-state index contributed by atoms with van der Waals surface area (Å²) < 4.78 is 5.79. The van der Waals surface area contributed by atoms with E-state index >= 15 is 0 Å². The highest BCUT2D eigenvalue weighted by atomic mass is 16.5. The molecule has 2 aromatic rings. The summed E-state index contributed by atoms with van der Waals surface area (Å²) in [5, 5.41) is 16.6. The Bertz CT molecular complexity index is 756. The quantitative estimate of drug-likeness (QED) is 0.874. The molecule has 0 spiro atoms. The highest BCUT2D eigenvalue weighted by Gasteiger charge is 2.31. The Morgan fingerprint density at radius 3 is 2.96 bits per heavy atom. The van der Waals surface area contributed by atoms with Crippen molar-refractivity contribution in [2.45, 2.75) is 45.9 Å². The van der Waals surface area contributed by atoms with Crippen LogP contribution in [0.15, 0.2) is 24.3 Å². The van der Waals surface area contributed by atoms with Crippen LogP contribution in [0.5, 0.6) is 0 Å². The van der Waals surface area contributed by atoms with Crippen LogP contribution < -0.4 is 0 Å². The lowest BCUT2D eigenvalue weighted by atomic mass is 9.99. The molecule has 1 aromatic heterocycles. The van der Waals surface area contributed by atoms with E-state index in [1.54, 1.807) is 4.90 Å². The average Bonchev–Trinajstić information content (AvgIpc) is 2.98. The third-order valence-electron chi connectivity index (χ3n) is 4.55. The maximum absolute atomic E-state index is 13.1. The molecule has 0 radical (unpaired) electrons. The van der Waals surface area contributed by atoms with Gasteiger partial charge in [-0.05, 0) is 26.3 Å². The smallest absolute Gasteiger partial charge is 0.275 e. The predicted octanol–water partition coefficient (Wildman–Crippen LogP) is 2.38. The number of aliphatic hydroxyl groups is 1. The molecular formula is C19H25N3O3. The Morgan fingerprint density at radius 2 is 2.24 bits per heavy atom. The van der Waals surface area contributed by atoms with Crippen LogP contribution in [-0.2, 0) is 17.7 Å². The van der Waals surface area contributed by atoms with Gasteiger partial charge in [0.1, 0.15) is 0 Å². The van der Waals surface area contributed by atoms with Crippen LogP contribution in [-0.4, -0.2) is 45.4 Å². The number of rotatable bonds is 5. The molecule has 25 heavy (non-hydrogen) atoms. The predicted molar refractivity (Wildman–Crippen MR) is 94.3 cm³/mol. The summed E-state index contributed by atoms with van der Waals surface area (Å²) in [5.74, 6) is -0.158. The fourth-order valence-electron chi connectivity index (χ4n) is 3.40. The van der Waals surface area contributed by atoms with Crippen LogP contribution in [0.2, 0.25) is 0 Å². The van der Waals surface area contributed by atoms with Crippen molar-refractivity contribution < 1.29 is 14.6 Å². The fraction of sp³-hybridized carbons (Fsp3) is 0.474. The van der Waals surface area contributed by atoms with Crippen LogP contribution in [0.1, 0.15) is 52.8 Å². The maximum atomic E-state index is 13.1. The SMILES string of the molecule is Cc1cccc(CN(CCO)C(=O)c2n[nH]c3c2C[C@@H](C)O[C@H]3C)c1. The monoisotopic (exact) mass is 343 g/mol. The van der Waals surface area contributed by atoms with Crippen molar-refractivity contribution in [1.82, 2.24) is 15.1 Å². The number of aliphatic hydroxyl groups excluding tert-OH is 1. The first kappa shape index (κ1) is 17.6. The van der Waals surface area contributed by atoms with E-state index < -0.39 is 0 Å². The zero-order valence-electron chi connectivity index (χ0n) is 15.0. The standard InChI is InChI=1S/C19H25N3O3/c1-12-5-4-6-15(9-12)11-22(7-8-23)19(24)18-16-10-13(2)25-14(3)17(16)20-21-18/h4-6,9,13-14,23H,7-8,10-11H2,1-3H3,(H,20,21)/t13-,14+/m1/s1. The molecule has 6 nitrogen and oxygen atoms in total. The van der Waals surface area contributed by atoms with Gasteiger partial charge in [0.15, 0.2) is 5.69 Å². The van der Waals surface area contributed by atoms with Gasteiger partial charge in [0.25, 0.3) is 5.91 Å². The molecule has 2 heterocycles. The highest BCUT2D eigenvalue weighted by molar-refractivity contribution is 5.94. The Hall–Kier alpha value is -2.18. The van der Waals surface area contributed by atoms with Crippen molar-refractivity contribution in [2.24, 2.45) is 0 Å². The summed E-state index contributed by atoms with van der Waals surface area (Å²) in [5.41, 5.74) is 4.43. The van der Waals surface area contributed by atoms with Crippen molar-refractivity contribution in [2.75, 3.05) is 13.2 Å². The number of H-pyrrole nitrogens is 1.